The predicted molar refractivity (Wildman–Crippen MR) is 104 cm³/mol. The van der Waals surface area contributed by atoms with Crippen molar-refractivity contribution in [1.82, 2.24) is 10.2 Å². The molecule has 152 valence electrons. The Morgan fingerprint density at radius 1 is 1.36 bits per heavy atom. The first-order chi connectivity index (χ1) is 13.4. The molecule has 1 unspecified atom stereocenters. The lowest BCUT2D eigenvalue weighted by atomic mass is 9.94. The standard InChI is InChI=1S/C19H27BN2O6/c1-3-12-6-7-15(16(19(24)25)17(12)28-20(2)26)27-14-10-22(11-14)18(23)13-5-4-8-21-9-13/h6-7,13-14,21,26H,3-5,8-11H2,1-2H3,(H,24,25). The van der Waals surface area contributed by atoms with E-state index >= 15 is 0 Å². The maximum Gasteiger partial charge on any atom is 0.519 e. The molecule has 0 aromatic heterocycles. The molecule has 1 aromatic rings. The van der Waals surface area contributed by atoms with Crippen LogP contribution < -0.4 is 14.7 Å². The largest absolute Gasteiger partial charge is 0.535 e. The molecule has 1 amide bonds. The van der Waals surface area contributed by atoms with Gasteiger partial charge in [-0.25, -0.2) is 4.79 Å². The minimum atomic E-state index is -1.18. The van der Waals surface area contributed by atoms with Gasteiger partial charge in [0.1, 0.15) is 23.2 Å². The van der Waals surface area contributed by atoms with Gasteiger partial charge in [0.05, 0.1) is 19.0 Å². The van der Waals surface area contributed by atoms with Gasteiger partial charge in [-0.05, 0) is 44.3 Å². The molecule has 8 nitrogen and oxygen atoms in total. The molecule has 1 atom stereocenters. The van der Waals surface area contributed by atoms with Crippen LogP contribution in [0.4, 0.5) is 0 Å². The summed E-state index contributed by atoms with van der Waals surface area (Å²) in [4.78, 5) is 26.1. The molecule has 2 aliphatic heterocycles. The summed E-state index contributed by atoms with van der Waals surface area (Å²) in [6.45, 7) is 5.85. The van der Waals surface area contributed by atoms with Crippen molar-refractivity contribution in [1.29, 1.82) is 0 Å². The Balaban J connectivity index is 1.69. The Hall–Kier alpha value is -2.26. The van der Waals surface area contributed by atoms with E-state index in [1.165, 1.54) is 6.82 Å². The number of carbonyl (C=O) groups excluding carboxylic acids is 1. The van der Waals surface area contributed by atoms with E-state index in [0.717, 1.165) is 19.4 Å². The van der Waals surface area contributed by atoms with Gasteiger partial charge >= 0.3 is 13.1 Å². The highest BCUT2D eigenvalue weighted by atomic mass is 16.5. The zero-order valence-electron chi connectivity index (χ0n) is 16.3. The second-order valence-electron chi connectivity index (χ2n) is 7.33. The molecule has 0 saturated carbocycles. The minimum absolute atomic E-state index is 0.0131. The van der Waals surface area contributed by atoms with E-state index in [1.807, 2.05) is 6.92 Å². The van der Waals surface area contributed by atoms with Crippen LogP contribution in [-0.2, 0) is 11.2 Å². The van der Waals surface area contributed by atoms with Crippen molar-refractivity contribution in [3.05, 3.63) is 23.3 Å². The maximum absolute atomic E-state index is 12.5. The molecule has 0 aliphatic carbocycles. The summed E-state index contributed by atoms with van der Waals surface area (Å²) in [6, 6.07) is 3.36. The van der Waals surface area contributed by atoms with E-state index in [4.69, 9.17) is 9.39 Å². The van der Waals surface area contributed by atoms with Crippen molar-refractivity contribution in [3.63, 3.8) is 0 Å². The van der Waals surface area contributed by atoms with Crippen LogP contribution in [0.2, 0.25) is 6.82 Å². The highest BCUT2D eigenvalue weighted by Crippen LogP contribution is 2.35. The van der Waals surface area contributed by atoms with Gasteiger partial charge in [0, 0.05) is 6.54 Å². The lowest BCUT2D eigenvalue weighted by Gasteiger charge is -2.41. The van der Waals surface area contributed by atoms with Gasteiger partial charge in [-0.1, -0.05) is 13.0 Å². The summed E-state index contributed by atoms with van der Waals surface area (Å²) in [7, 11) is -1.14. The monoisotopic (exact) mass is 390 g/mol. The molecule has 0 radical (unpaired) electrons. The number of hydrogen-bond donors (Lipinski definition) is 3. The molecule has 3 rings (SSSR count). The second-order valence-corrected chi connectivity index (χ2v) is 7.33. The Labute approximate surface area is 165 Å². The highest BCUT2D eigenvalue weighted by Gasteiger charge is 2.37. The van der Waals surface area contributed by atoms with Gasteiger partial charge in [-0.2, -0.15) is 0 Å². The third-order valence-electron chi connectivity index (χ3n) is 5.18. The molecule has 2 heterocycles. The fourth-order valence-corrected chi connectivity index (χ4v) is 3.69. The first kappa shape index (κ1) is 20.5. The smallest absolute Gasteiger partial charge is 0.519 e. The number of ether oxygens (including phenoxy) is 1. The van der Waals surface area contributed by atoms with Crippen molar-refractivity contribution in [2.24, 2.45) is 5.92 Å². The van der Waals surface area contributed by atoms with Crippen LogP contribution >= 0.6 is 0 Å². The van der Waals surface area contributed by atoms with Gasteiger partial charge in [0.15, 0.2) is 0 Å². The minimum Gasteiger partial charge on any atom is -0.535 e. The van der Waals surface area contributed by atoms with Crippen LogP contribution in [-0.4, -0.2) is 66.3 Å². The molecule has 3 N–H and O–H groups in total. The molecule has 2 saturated heterocycles. The van der Waals surface area contributed by atoms with Gasteiger partial charge in [0.25, 0.3) is 0 Å². The summed E-state index contributed by atoms with van der Waals surface area (Å²) < 4.78 is 11.2. The Bertz CT molecular complexity index is 729. The number of nitrogens with one attached hydrogen (secondary N) is 1. The van der Waals surface area contributed by atoms with Crippen LogP contribution in [0.25, 0.3) is 0 Å². The number of aromatic carboxylic acids is 1. The zero-order valence-corrected chi connectivity index (χ0v) is 16.3. The molecule has 9 heteroatoms. The van der Waals surface area contributed by atoms with Crippen molar-refractivity contribution in [2.45, 2.75) is 39.1 Å². The van der Waals surface area contributed by atoms with Gasteiger partial charge in [-0.15, -0.1) is 0 Å². The number of carboxylic acid groups (broad SMARTS) is 1. The third-order valence-corrected chi connectivity index (χ3v) is 5.18. The number of piperidine rings is 1. The number of likely N-dealkylation sites (tertiary alicyclic amines) is 1. The number of rotatable bonds is 7. The number of benzene rings is 1. The molecule has 28 heavy (non-hydrogen) atoms. The molecule has 0 bridgehead atoms. The zero-order chi connectivity index (χ0) is 20.3. The molecule has 2 aliphatic rings. The summed E-state index contributed by atoms with van der Waals surface area (Å²) in [6.07, 6.45) is 2.20. The van der Waals surface area contributed by atoms with Crippen LogP contribution in [0.1, 0.15) is 35.7 Å². The third kappa shape index (κ3) is 4.42. The normalized spacial score (nSPS) is 19.7. The lowest BCUT2D eigenvalue weighted by Crippen LogP contribution is -2.58. The molecule has 2 fully saturated rings. The molecular weight excluding hydrogens is 363 g/mol. The summed E-state index contributed by atoms with van der Waals surface area (Å²) >= 11 is 0. The van der Waals surface area contributed by atoms with E-state index in [9.17, 15) is 19.7 Å². The topological polar surface area (TPSA) is 108 Å². The number of carboxylic acids is 1. The fraction of sp³-hybridized carbons (Fsp3) is 0.579. The Kier molecular flexibility index (Phi) is 6.46. The molecule has 0 spiro atoms. The average Bonchev–Trinajstić information content (AvgIpc) is 2.64. The van der Waals surface area contributed by atoms with Crippen molar-refractivity contribution in [2.75, 3.05) is 26.2 Å². The first-order valence-corrected chi connectivity index (χ1v) is 9.80. The van der Waals surface area contributed by atoms with Crippen molar-refractivity contribution < 1.29 is 29.1 Å². The van der Waals surface area contributed by atoms with Crippen molar-refractivity contribution >= 4 is 19.0 Å². The number of carbonyl (C=O) groups is 2. The van der Waals surface area contributed by atoms with Crippen LogP contribution in [0.5, 0.6) is 11.5 Å². The number of nitrogens with zero attached hydrogens (tertiary/aromatic N) is 1. The van der Waals surface area contributed by atoms with E-state index in [-0.39, 0.29) is 35.0 Å². The van der Waals surface area contributed by atoms with Gasteiger partial charge in [0.2, 0.25) is 5.91 Å². The van der Waals surface area contributed by atoms with E-state index in [2.05, 4.69) is 5.32 Å². The average molecular weight is 390 g/mol. The fourth-order valence-electron chi connectivity index (χ4n) is 3.69. The quantitative estimate of drug-likeness (QED) is 0.597. The summed E-state index contributed by atoms with van der Waals surface area (Å²) in [5.74, 6) is -0.717. The number of hydrogen-bond acceptors (Lipinski definition) is 6. The maximum atomic E-state index is 12.5. The summed E-state index contributed by atoms with van der Waals surface area (Å²) in [5, 5.41) is 22.5. The van der Waals surface area contributed by atoms with Gasteiger partial charge in [-0.3, -0.25) is 4.79 Å². The molecule has 1 aromatic carbocycles. The summed E-state index contributed by atoms with van der Waals surface area (Å²) in [5.41, 5.74) is 0.586. The SMILES string of the molecule is CCc1ccc(OC2CN(C(=O)C3CCCNC3)C2)c(C(=O)O)c1OB(C)O. The van der Waals surface area contributed by atoms with Crippen molar-refractivity contribution in [3.8, 4) is 11.5 Å². The first-order valence-electron chi connectivity index (χ1n) is 9.80. The van der Waals surface area contributed by atoms with E-state index in [1.54, 1.807) is 17.0 Å². The van der Waals surface area contributed by atoms with Crippen LogP contribution in [0.15, 0.2) is 12.1 Å². The van der Waals surface area contributed by atoms with Crippen LogP contribution in [0, 0.1) is 5.92 Å². The van der Waals surface area contributed by atoms with E-state index in [0.29, 0.717) is 31.6 Å². The number of aryl methyl sites for hydroxylation is 1. The van der Waals surface area contributed by atoms with Gasteiger partial charge < -0.3 is 29.7 Å². The lowest BCUT2D eigenvalue weighted by molar-refractivity contribution is -0.145. The highest BCUT2D eigenvalue weighted by molar-refractivity contribution is 6.42. The van der Waals surface area contributed by atoms with E-state index < -0.39 is 13.1 Å². The second kappa shape index (κ2) is 8.83. The Morgan fingerprint density at radius 3 is 2.68 bits per heavy atom. The predicted octanol–water partition coefficient (Wildman–Crippen LogP) is 1.03. The number of amides is 1. The Morgan fingerprint density at radius 2 is 2.11 bits per heavy atom. The molecular formula is C19H27BN2O6. The van der Waals surface area contributed by atoms with Crippen LogP contribution in [0.3, 0.4) is 0 Å².